The molecule has 1 N–H and O–H groups in total. The van der Waals surface area contributed by atoms with Crippen LogP contribution in [0.1, 0.15) is 11.3 Å². The van der Waals surface area contributed by atoms with Crippen molar-refractivity contribution in [3.8, 4) is 16.9 Å². The highest BCUT2D eigenvalue weighted by Crippen LogP contribution is 2.23. The van der Waals surface area contributed by atoms with E-state index in [9.17, 15) is 4.39 Å². The van der Waals surface area contributed by atoms with E-state index in [0.717, 1.165) is 11.3 Å². The highest BCUT2D eigenvalue weighted by Gasteiger charge is 2.13. The average molecular weight is 412 g/mol. The highest BCUT2D eigenvalue weighted by atomic mass is 35.5. The molecule has 0 fully saturated rings. The fourth-order valence-corrected chi connectivity index (χ4v) is 3.30. The molecule has 8 heteroatoms. The van der Waals surface area contributed by atoms with E-state index >= 15 is 0 Å². The van der Waals surface area contributed by atoms with E-state index in [4.69, 9.17) is 23.8 Å². The van der Waals surface area contributed by atoms with Crippen molar-refractivity contribution in [2.45, 2.75) is 6.92 Å². The molecule has 0 aliphatic carbocycles. The molecule has 2 aromatic carbocycles. The third-order valence-corrected chi connectivity index (χ3v) is 4.87. The monoisotopic (exact) mass is 411 g/mol. The molecular formula is C20H15ClFN5S. The van der Waals surface area contributed by atoms with Gasteiger partial charge < -0.3 is 4.98 Å². The molecule has 4 aromatic rings. The normalized spacial score (nSPS) is 11.4. The number of hydrogen-bond donors (Lipinski definition) is 1. The van der Waals surface area contributed by atoms with Crippen LogP contribution in [0.25, 0.3) is 16.9 Å². The molecule has 2 aromatic heterocycles. The fraction of sp³-hybridized carbons (Fsp3) is 0.0500. The number of aryl methyl sites for hydroxylation is 1. The van der Waals surface area contributed by atoms with Gasteiger partial charge in [0.1, 0.15) is 11.0 Å². The van der Waals surface area contributed by atoms with Crippen molar-refractivity contribution in [2.75, 3.05) is 0 Å². The minimum absolute atomic E-state index is 0.318. The largest absolute Gasteiger partial charge is 0.329 e. The fourth-order valence-electron chi connectivity index (χ4n) is 2.77. The third-order valence-electron chi connectivity index (χ3n) is 4.22. The van der Waals surface area contributed by atoms with Gasteiger partial charge in [-0.15, -0.1) is 0 Å². The first-order chi connectivity index (χ1) is 13.5. The van der Waals surface area contributed by atoms with Crippen LogP contribution < -0.4 is 0 Å². The lowest BCUT2D eigenvalue weighted by atomic mass is 10.2. The summed E-state index contributed by atoms with van der Waals surface area (Å²) in [5.41, 5.74) is 3.91. The van der Waals surface area contributed by atoms with Crippen LogP contribution in [-0.4, -0.2) is 25.7 Å². The molecular weight excluding hydrogens is 397 g/mol. The van der Waals surface area contributed by atoms with Gasteiger partial charge in [0.05, 0.1) is 35.1 Å². The first-order valence-corrected chi connectivity index (χ1v) is 9.24. The first-order valence-electron chi connectivity index (χ1n) is 8.45. The number of benzene rings is 2. The van der Waals surface area contributed by atoms with E-state index in [1.807, 2.05) is 43.5 Å². The van der Waals surface area contributed by atoms with Crippen LogP contribution >= 0.6 is 23.8 Å². The number of halogens is 2. The third kappa shape index (κ3) is 3.54. The molecule has 0 bridgehead atoms. The molecule has 0 aliphatic heterocycles. The maximum Gasteiger partial charge on any atom is 0.198 e. The summed E-state index contributed by atoms with van der Waals surface area (Å²) >= 11 is 11.8. The topological polar surface area (TPSA) is 50.9 Å². The number of H-pyrrole nitrogens is 1. The predicted molar refractivity (Wildman–Crippen MR) is 111 cm³/mol. The van der Waals surface area contributed by atoms with Crippen LogP contribution in [0.4, 0.5) is 4.39 Å². The second-order valence-electron chi connectivity index (χ2n) is 6.11. The van der Waals surface area contributed by atoms with Gasteiger partial charge in [0.2, 0.25) is 0 Å². The molecule has 5 nitrogen and oxygen atoms in total. The summed E-state index contributed by atoms with van der Waals surface area (Å²) in [5.74, 6) is -0.318. The smallest absolute Gasteiger partial charge is 0.198 e. The van der Waals surface area contributed by atoms with Crippen molar-refractivity contribution in [1.29, 1.82) is 0 Å². The molecule has 0 aliphatic rings. The van der Waals surface area contributed by atoms with Crippen LogP contribution in [0.3, 0.4) is 0 Å². The molecule has 28 heavy (non-hydrogen) atoms. The highest BCUT2D eigenvalue weighted by molar-refractivity contribution is 7.71. The van der Waals surface area contributed by atoms with Crippen molar-refractivity contribution in [2.24, 2.45) is 5.10 Å². The van der Waals surface area contributed by atoms with Crippen molar-refractivity contribution in [3.05, 3.63) is 87.8 Å². The Morgan fingerprint density at radius 3 is 2.57 bits per heavy atom. The van der Waals surface area contributed by atoms with Crippen molar-refractivity contribution >= 4 is 30.0 Å². The Labute approximate surface area is 170 Å². The van der Waals surface area contributed by atoms with Gasteiger partial charge >= 0.3 is 0 Å². The summed E-state index contributed by atoms with van der Waals surface area (Å²) in [7, 11) is 0. The van der Waals surface area contributed by atoms with E-state index in [-0.39, 0.29) is 5.82 Å². The first kappa shape index (κ1) is 18.3. The molecule has 0 spiro atoms. The van der Waals surface area contributed by atoms with Crippen LogP contribution in [-0.2, 0) is 0 Å². The zero-order chi connectivity index (χ0) is 19.7. The van der Waals surface area contributed by atoms with Crippen LogP contribution in [0, 0.1) is 17.5 Å². The number of rotatable bonds is 4. The minimum Gasteiger partial charge on any atom is -0.329 e. The molecule has 0 unspecified atom stereocenters. The molecule has 0 amide bonds. The molecule has 0 saturated heterocycles. The quantitative estimate of drug-likeness (QED) is 0.362. The van der Waals surface area contributed by atoms with E-state index < -0.39 is 0 Å². The lowest BCUT2D eigenvalue weighted by Gasteiger charge is -2.02. The zero-order valence-electron chi connectivity index (χ0n) is 14.8. The number of imidazole rings is 1. The van der Waals surface area contributed by atoms with E-state index in [0.29, 0.717) is 26.9 Å². The van der Waals surface area contributed by atoms with Crippen LogP contribution in [0.2, 0.25) is 5.15 Å². The molecule has 140 valence electrons. The number of nitrogens with zero attached hydrogens (tertiary/aromatic N) is 4. The van der Waals surface area contributed by atoms with Gasteiger partial charge in [-0.2, -0.15) is 10.2 Å². The molecule has 0 radical (unpaired) electrons. The lowest BCUT2D eigenvalue weighted by Crippen LogP contribution is -1.96. The summed E-state index contributed by atoms with van der Waals surface area (Å²) in [4.78, 5) is 3.14. The minimum atomic E-state index is -0.318. The maximum atomic E-state index is 13.2. The summed E-state index contributed by atoms with van der Waals surface area (Å²) in [6, 6.07) is 15.8. The van der Waals surface area contributed by atoms with E-state index in [2.05, 4.69) is 15.2 Å². The Kier molecular flexibility index (Phi) is 4.93. The van der Waals surface area contributed by atoms with Gasteiger partial charge in [-0.05, 0) is 49.0 Å². The Morgan fingerprint density at radius 1 is 1.14 bits per heavy atom. The Hall–Kier alpha value is -3.03. The maximum absolute atomic E-state index is 13.2. The van der Waals surface area contributed by atoms with E-state index in [1.54, 1.807) is 27.7 Å². The molecule has 0 atom stereocenters. The lowest BCUT2D eigenvalue weighted by molar-refractivity contribution is 0.627. The second kappa shape index (κ2) is 7.53. The Bertz CT molecular complexity index is 1210. The van der Waals surface area contributed by atoms with Crippen LogP contribution in [0.15, 0.2) is 65.9 Å². The zero-order valence-corrected chi connectivity index (χ0v) is 16.4. The number of aromatic nitrogens is 4. The van der Waals surface area contributed by atoms with E-state index in [1.165, 1.54) is 12.1 Å². The van der Waals surface area contributed by atoms with Crippen molar-refractivity contribution < 1.29 is 4.39 Å². The van der Waals surface area contributed by atoms with Crippen LogP contribution in [0.5, 0.6) is 0 Å². The SMILES string of the molecule is Cc1nn(-c2ccc(F)cc2)c(Cl)c1/C=N/n1cc(-c2ccccc2)[nH]c1=S. The molecule has 2 heterocycles. The average Bonchev–Trinajstić information content (AvgIpc) is 3.21. The second-order valence-corrected chi connectivity index (χ2v) is 6.85. The molecule has 0 saturated carbocycles. The van der Waals surface area contributed by atoms with Crippen molar-refractivity contribution in [3.63, 3.8) is 0 Å². The van der Waals surface area contributed by atoms with Gasteiger partial charge in [0.25, 0.3) is 0 Å². The standard InChI is InChI=1S/C20H15ClFN5S/c1-13-17(19(21)27(25-13)16-9-7-15(22)8-10-16)11-23-26-12-18(24-20(26)28)14-5-3-2-4-6-14/h2-12H,1H3,(H,24,28)/b23-11+. The molecule has 4 rings (SSSR count). The number of hydrogen-bond acceptors (Lipinski definition) is 3. The summed E-state index contributed by atoms with van der Waals surface area (Å²) in [6.45, 7) is 1.83. The number of aromatic amines is 1. The van der Waals surface area contributed by atoms with Gasteiger partial charge in [-0.1, -0.05) is 41.9 Å². The van der Waals surface area contributed by atoms with Gasteiger partial charge in [0.15, 0.2) is 4.77 Å². The summed E-state index contributed by atoms with van der Waals surface area (Å²) in [6.07, 6.45) is 3.44. The summed E-state index contributed by atoms with van der Waals surface area (Å²) in [5, 5.41) is 9.24. The predicted octanol–water partition coefficient (Wildman–Crippen LogP) is 5.38. The van der Waals surface area contributed by atoms with Gasteiger partial charge in [-0.3, -0.25) is 0 Å². The number of nitrogens with one attached hydrogen (secondary N) is 1. The summed E-state index contributed by atoms with van der Waals surface area (Å²) < 4.78 is 16.7. The van der Waals surface area contributed by atoms with Gasteiger partial charge in [-0.25, -0.2) is 13.7 Å². The van der Waals surface area contributed by atoms with Crippen molar-refractivity contribution in [1.82, 2.24) is 19.4 Å². The Morgan fingerprint density at radius 2 is 1.86 bits per heavy atom. The van der Waals surface area contributed by atoms with Gasteiger partial charge in [0, 0.05) is 0 Å². The Balaban J connectivity index is 1.67.